The maximum Gasteiger partial charge on any atom is 0.228 e. The van der Waals surface area contributed by atoms with Crippen LogP contribution in [0.15, 0.2) is 36.4 Å². The van der Waals surface area contributed by atoms with Crippen LogP contribution in [-0.4, -0.2) is 23.9 Å². The van der Waals surface area contributed by atoms with Gasteiger partial charge in [-0.15, -0.1) is 0 Å². The molecule has 0 aliphatic heterocycles. The normalized spacial score (nSPS) is 10.9. The molecule has 0 bridgehead atoms. The van der Waals surface area contributed by atoms with Crippen molar-refractivity contribution < 1.29 is 14.3 Å². The van der Waals surface area contributed by atoms with Gasteiger partial charge in [-0.2, -0.15) is 0 Å². The van der Waals surface area contributed by atoms with Gasteiger partial charge in [0, 0.05) is 10.9 Å². The molecule has 6 nitrogen and oxygen atoms in total. The van der Waals surface area contributed by atoms with Crippen LogP contribution in [0.3, 0.4) is 0 Å². The highest BCUT2D eigenvalue weighted by Crippen LogP contribution is 2.29. The number of hydrogen-bond acceptors (Lipinski definition) is 5. The highest BCUT2D eigenvalue weighted by atomic mass is 35.5. The van der Waals surface area contributed by atoms with Crippen LogP contribution in [0.5, 0.6) is 5.75 Å². The molecule has 0 aliphatic rings. The number of ether oxygens (including phenoxy) is 1. The van der Waals surface area contributed by atoms with Gasteiger partial charge in [-0.3, -0.25) is 9.59 Å². The zero-order valence-corrected chi connectivity index (χ0v) is 17.3. The van der Waals surface area contributed by atoms with Crippen LogP contribution in [0, 0.1) is 5.92 Å². The quantitative estimate of drug-likeness (QED) is 0.607. The molecule has 0 saturated heterocycles. The molecular weight excluding hydrogens is 398 g/mol. The summed E-state index contributed by atoms with van der Waals surface area (Å²) in [7, 11) is 1.53. The van der Waals surface area contributed by atoms with E-state index in [1.807, 2.05) is 32.0 Å². The van der Waals surface area contributed by atoms with Gasteiger partial charge in [0.15, 0.2) is 5.13 Å². The third-order valence-corrected chi connectivity index (χ3v) is 5.18. The number of nitrogens with one attached hydrogen (secondary N) is 2. The summed E-state index contributed by atoms with van der Waals surface area (Å²) >= 11 is 7.38. The van der Waals surface area contributed by atoms with Gasteiger partial charge < -0.3 is 15.4 Å². The fraction of sp³-hybridized carbons (Fsp3) is 0.250. The number of amides is 2. The third kappa shape index (κ3) is 4.79. The van der Waals surface area contributed by atoms with Crippen LogP contribution in [0.1, 0.15) is 19.4 Å². The molecule has 28 heavy (non-hydrogen) atoms. The average molecular weight is 418 g/mol. The maximum absolute atomic E-state index is 12.4. The van der Waals surface area contributed by atoms with Crippen LogP contribution in [0.4, 0.5) is 10.8 Å². The number of benzene rings is 2. The summed E-state index contributed by atoms with van der Waals surface area (Å²) in [5.41, 5.74) is 2.15. The molecule has 2 amide bonds. The van der Waals surface area contributed by atoms with Crippen molar-refractivity contribution in [1.29, 1.82) is 0 Å². The second-order valence-electron chi connectivity index (χ2n) is 6.53. The van der Waals surface area contributed by atoms with Gasteiger partial charge in [-0.05, 0) is 35.9 Å². The molecule has 3 rings (SSSR count). The zero-order valence-electron chi connectivity index (χ0n) is 15.7. The molecule has 0 spiro atoms. The Morgan fingerprint density at radius 3 is 2.68 bits per heavy atom. The number of fused-ring (bicyclic) bond motifs is 1. The van der Waals surface area contributed by atoms with E-state index < -0.39 is 0 Å². The van der Waals surface area contributed by atoms with Crippen molar-refractivity contribution in [3.63, 3.8) is 0 Å². The average Bonchev–Trinajstić information content (AvgIpc) is 3.03. The first-order chi connectivity index (χ1) is 13.4. The van der Waals surface area contributed by atoms with E-state index in [9.17, 15) is 9.59 Å². The Morgan fingerprint density at radius 2 is 1.96 bits per heavy atom. The maximum atomic E-state index is 12.4. The Labute approximate surface area is 171 Å². The van der Waals surface area contributed by atoms with Crippen molar-refractivity contribution in [1.82, 2.24) is 4.98 Å². The van der Waals surface area contributed by atoms with Crippen LogP contribution >= 0.6 is 22.9 Å². The van der Waals surface area contributed by atoms with Crippen molar-refractivity contribution in [3.05, 3.63) is 47.0 Å². The van der Waals surface area contributed by atoms with Crippen LogP contribution in [0.2, 0.25) is 5.02 Å². The van der Waals surface area contributed by atoms with Crippen LogP contribution in [-0.2, 0) is 16.0 Å². The molecule has 0 unspecified atom stereocenters. The lowest BCUT2D eigenvalue weighted by molar-refractivity contribution is -0.119. The molecule has 0 aliphatic carbocycles. The molecule has 146 valence electrons. The largest absolute Gasteiger partial charge is 0.495 e. The number of hydrogen-bond donors (Lipinski definition) is 2. The molecule has 0 fully saturated rings. The Kier molecular flexibility index (Phi) is 6.16. The molecule has 2 N–H and O–H groups in total. The topological polar surface area (TPSA) is 80.3 Å². The van der Waals surface area contributed by atoms with Crippen LogP contribution < -0.4 is 15.4 Å². The first-order valence-corrected chi connectivity index (χ1v) is 9.89. The summed E-state index contributed by atoms with van der Waals surface area (Å²) in [4.78, 5) is 28.7. The fourth-order valence-corrected chi connectivity index (χ4v) is 3.64. The smallest absolute Gasteiger partial charge is 0.228 e. The highest BCUT2D eigenvalue weighted by molar-refractivity contribution is 7.22. The van der Waals surface area contributed by atoms with Crippen molar-refractivity contribution in [2.45, 2.75) is 20.3 Å². The molecular formula is C20H20ClN3O3S. The van der Waals surface area contributed by atoms with Gasteiger partial charge >= 0.3 is 0 Å². The number of halogens is 1. The lowest BCUT2D eigenvalue weighted by atomic mass is 10.1. The van der Waals surface area contributed by atoms with E-state index >= 15 is 0 Å². The number of nitrogens with zero attached hydrogens (tertiary/aromatic N) is 1. The summed E-state index contributed by atoms with van der Waals surface area (Å²) in [6, 6.07) is 10.7. The minimum absolute atomic E-state index is 0.0749. The summed E-state index contributed by atoms with van der Waals surface area (Å²) in [6.07, 6.45) is 0.192. The lowest BCUT2D eigenvalue weighted by Gasteiger charge is -2.10. The second-order valence-corrected chi connectivity index (χ2v) is 8.00. The van der Waals surface area contributed by atoms with Crippen LogP contribution in [0.25, 0.3) is 10.2 Å². The summed E-state index contributed by atoms with van der Waals surface area (Å²) in [5, 5.41) is 6.70. The summed E-state index contributed by atoms with van der Waals surface area (Å²) in [6.45, 7) is 3.66. The van der Waals surface area contributed by atoms with Crippen molar-refractivity contribution in [3.8, 4) is 5.75 Å². The van der Waals surface area contributed by atoms with Gasteiger partial charge in [0.05, 0.1) is 29.4 Å². The standard InChI is InChI=1S/C20H20ClN3O3S/c1-11(2)19(26)24-20-23-14-6-4-12(8-17(14)28-20)9-18(25)22-15-10-13(21)5-7-16(15)27-3/h4-8,10-11H,9H2,1-3H3,(H,22,25)(H,23,24,26). The minimum Gasteiger partial charge on any atom is -0.495 e. The first-order valence-electron chi connectivity index (χ1n) is 8.69. The summed E-state index contributed by atoms with van der Waals surface area (Å²) in [5.74, 6) is 0.169. The molecule has 0 atom stereocenters. The van der Waals surface area contributed by atoms with E-state index in [2.05, 4.69) is 15.6 Å². The predicted molar refractivity (Wildman–Crippen MR) is 113 cm³/mol. The SMILES string of the molecule is COc1ccc(Cl)cc1NC(=O)Cc1ccc2nc(NC(=O)C(C)C)sc2c1. The fourth-order valence-electron chi connectivity index (χ4n) is 2.54. The molecule has 1 aromatic heterocycles. The summed E-state index contributed by atoms with van der Waals surface area (Å²) < 4.78 is 6.15. The molecule has 2 aromatic carbocycles. The Morgan fingerprint density at radius 1 is 1.18 bits per heavy atom. The van der Waals surface area contributed by atoms with Gasteiger partial charge in [-0.25, -0.2) is 4.98 Å². The third-order valence-electron chi connectivity index (χ3n) is 4.01. The Hall–Kier alpha value is -2.64. The second kappa shape index (κ2) is 8.58. The number of aromatic nitrogens is 1. The molecule has 0 radical (unpaired) electrons. The molecule has 8 heteroatoms. The Balaban J connectivity index is 1.72. The van der Waals surface area contributed by atoms with Gasteiger partial charge in [0.1, 0.15) is 5.75 Å². The van der Waals surface area contributed by atoms with E-state index in [0.717, 1.165) is 15.8 Å². The number of rotatable bonds is 6. The lowest BCUT2D eigenvalue weighted by Crippen LogP contribution is -2.17. The van der Waals surface area contributed by atoms with E-state index in [1.165, 1.54) is 18.4 Å². The van der Waals surface area contributed by atoms with E-state index in [0.29, 0.717) is 21.6 Å². The first kappa shape index (κ1) is 20.1. The number of anilines is 2. The molecule has 0 saturated carbocycles. The van der Waals surface area contributed by atoms with Crippen molar-refractivity contribution in [2.75, 3.05) is 17.7 Å². The van der Waals surface area contributed by atoms with E-state index in [-0.39, 0.29) is 24.2 Å². The van der Waals surface area contributed by atoms with E-state index in [4.69, 9.17) is 16.3 Å². The molecule has 1 heterocycles. The number of methoxy groups -OCH3 is 1. The minimum atomic E-state index is -0.183. The van der Waals surface area contributed by atoms with Gasteiger partial charge in [0.2, 0.25) is 11.8 Å². The zero-order chi connectivity index (χ0) is 20.3. The van der Waals surface area contributed by atoms with Gasteiger partial charge in [-0.1, -0.05) is 42.9 Å². The highest BCUT2D eigenvalue weighted by Gasteiger charge is 2.13. The van der Waals surface area contributed by atoms with Crippen molar-refractivity contribution >= 4 is 55.8 Å². The number of carbonyl (C=O) groups excluding carboxylic acids is 2. The van der Waals surface area contributed by atoms with E-state index in [1.54, 1.807) is 18.2 Å². The Bertz CT molecular complexity index is 1030. The monoisotopic (exact) mass is 417 g/mol. The number of carbonyl (C=O) groups is 2. The van der Waals surface area contributed by atoms with Gasteiger partial charge in [0.25, 0.3) is 0 Å². The molecule has 3 aromatic rings. The predicted octanol–water partition coefficient (Wildman–Crippen LogP) is 4.73. The number of thiazole rings is 1. The van der Waals surface area contributed by atoms with Crippen molar-refractivity contribution in [2.24, 2.45) is 5.92 Å².